The van der Waals surface area contributed by atoms with Crippen molar-refractivity contribution in [2.24, 2.45) is 5.92 Å². The van der Waals surface area contributed by atoms with Gasteiger partial charge in [0.05, 0.1) is 12.0 Å². The SMILES string of the molecule is O=C1NC2C=CC=CC2=C2CC12. The summed E-state index contributed by atoms with van der Waals surface area (Å²) in [5, 5.41) is 2.97. The van der Waals surface area contributed by atoms with Crippen molar-refractivity contribution in [1.82, 2.24) is 5.32 Å². The fourth-order valence-electron chi connectivity index (χ4n) is 1.96. The fraction of sp³-hybridized carbons (Fsp3) is 0.300. The van der Waals surface area contributed by atoms with Gasteiger partial charge < -0.3 is 5.32 Å². The smallest absolute Gasteiger partial charge is 0.228 e. The minimum atomic E-state index is 0.163. The molecule has 12 heavy (non-hydrogen) atoms. The number of hydrogen-bond donors (Lipinski definition) is 1. The molecule has 1 fully saturated rings. The zero-order valence-corrected chi connectivity index (χ0v) is 6.58. The maximum absolute atomic E-state index is 11.3. The predicted octanol–water partition coefficient (Wildman–Crippen LogP) is 0.927. The molecular weight excluding hydrogens is 150 g/mol. The lowest BCUT2D eigenvalue weighted by atomic mass is 9.97. The van der Waals surface area contributed by atoms with E-state index >= 15 is 0 Å². The fourth-order valence-corrected chi connectivity index (χ4v) is 1.96. The van der Waals surface area contributed by atoms with Gasteiger partial charge >= 0.3 is 0 Å². The Labute approximate surface area is 70.6 Å². The number of hydrogen-bond acceptors (Lipinski definition) is 1. The van der Waals surface area contributed by atoms with Crippen molar-refractivity contribution in [3.63, 3.8) is 0 Å². The van der Waals surface area contributed by atoms with Crippen molar-refractivity contribution < 1.29 is 4.79 Å². The van der Waals surface area contributed by atoms with Gasteiger partial charge in [-0.1, -0.05) is 29.9 Å². The Balaban J connectivity index is 2.11. The molecule has 60 valence electrons. The summed E-state index contributed by atoms with van der Waals surface area (Å²) >= 11 is 0. The summed E-state index contributed by atoms with van der Waals surface area (Å²) in [6.45, 7) is 0. The van der Waals surface area contributed by atoms with Gasteiger partial charge in [0.25, 0.3) is 0 Å². The number of allylic oxidation sites excluding steroid dienone is 2. The highest BCUT2D eigenvalue weighted by atomic mass is 16.2. The number of fused-ring (bicyclic) bond motifs is 2. The summed E-state index contributed by atoms with van der Waals surface area (Å²) in [4.78, 5) is 11.3. The molecule has 2 heteroatoms. The van der Waals surface area contributed by atoms with Crippen LogP contribution in [0.2, 0.25) is 0 Å². The maximum Gasteiger partial charge on any atom is 0.228 e. The third-order valence-electron chi connectivity index (χ3n) is 2.70. The Morgan fingerprint density at radius 3 is 3.25 bits per heavy atom. The molecule has 0 radical (unpaired) electrons. The first kappa shape index (κ1) is 6.23. The number of amides is 1. The lowest BCUT2D eigenvalue weighted by Crippen LogP contribution is -2.38. The molecule has 0 spiro atoms. The predicted molar refractivity (Wildman–Crippen MR) is 45.3 cm³/mol. The molecule has 1 amide bonds. The monoisotopic (exact) mass is 159 g/mol. The third kappa shape index (κ3) is 0.670. The molecule has 1 N–H and O–H groups in total. The normalized spacial score (nSPS) is 35.8. The van der Waals surface area contributed by atoms with Crippen molar-refractivity contribution in [1.29, 1.82) is 0 Å². The molecule has 1 saturated carbocycles. The van der Waals surface area contributed by atoms with Gasteiger partial charge in [0.15, 0.2) is 0 Å². The van der Waals surface area contributed by atoms with E-state index in [1.807, 2.05) is 18.2 Å². The van der Waals surface area contributed by atoms with E-state index in [9.17, 15) is 4.79 Å². The summed E-state index contributed by atoms with van der Waals surface area (Å²) in [7, 11) is 0. The second-order valence-electron chi connectivity index (χ2n) is 3.47. The first-order valence-electron chi connectivity index (χ1n) is 4.24. The summed E-state index contributed by atoms with van der Waals surface area (Å²) < 4.78 is 0. The largest absolute Gasteiger partial charge is 0.345 e. The molecular formula is C10H9NO. The van der Waals surface area contributed by atoms with Crippen LogP contribution in [0.1, 0.15) is 6.42 Å². The second-order valence-corrected chi connectivity index (χ2v) is 3.47. The van der Waals surface area contributed by atoms with Gasteiger partial charge in [0, 0.05) is 0 Å². The molecule has 0 aromatic rings. The summed E-state index contributed by atoms with van der Waals surface area (Å²) in [5.74, 6) is 0.422. The Bertz CT molecular complexity index is 349. The molecule has 3 rings (SSSR count). The second kappa shape index (κ2) is 1.89. The maximum atomic E-state index is 11.3. The highest BCUT2D eigenvalue weighted by Gasteiger charge is 2.44. The molecule has 2 unspecified atom stereocenters. The van der Waals surface area contributed by atoms with Crippen LogP contribution >= 0.6 is 0 Å². The van der Waals surface area contributed by atoms with E-state index < -0.39 is 0 Å². The molecule has 3 aliphatic rings. The minimum Gasteiger partial charge on any atom is -0.345 e. The minimum absolute atomic E-state index is 0.163. The van der Waals surface area contributed by atoms with E-state index in [1.165, 1.54) is 11.1 Å². The zero-order valence-electron chi connectivity index (χ0n) is 6.58. The highest BCUT2D eigenvalue weighted by molar-refractivity contribution is 5.90. The number of nitrogens with one attached hydrogen (secondary N) is 1. The van der Waals surface area contributed by atoms with Crippen LogP contribution < -0.4 is 5.32 Å². The van der Waals surface area contributed by atoms with Gasteiger partial charge in [-0.3, -0.25) is 4.79 Å². The van der Waals surface area contributed by atoms with Crippen molar-refractivity contribution in [3.05, 3.63) is 35.5 Å². The number of carbonyl (C=O) groups is 1. The van der Waals surface area contributed by atoms with Crippen molar-refractivity contribution in [3.8, 4) is 0 Å². The van der Waals surface area contributed by atoms with Crippen molar-refractivity contribution in [2.45, 2.75) is 12.5 Å². The lowest BCUT2D eigenvalue weighted by molar-refractivity contribution is -0.122. The van der Waals surface area contributed by atoms with E-state index in [-0.39, 0.29) is 17.9 Å². The summed E-state index contributed by atoms with van der Waals surface area (Å²) in [6.07, 6.45) is 9.15. The first-order valence-corrected chi connectivity index (χ1v) is 4.24. The highest BCUT2D eigenvalue weighted by Crippen LogP contribution is 2.45. The van der Waals surface area contributed by atoms with Crippen LogP contribution in [-0.2, 0) is 4.79 Å². The molecule has 0 aromatic carbocycles. The van der Waals surface area contributed by atoms with E-state index in [0.717, 1.165) is 6.42 Å². The van der Waals surface area contributed by atoms with Crippen molar-refractivity contribution >= 4 is 5.91 Å². The number of carbonyl (C=O) groups excluding carboxylic acids is 1. The quantitative estimate of drug-likeness (QED) is 0.559. The average Bonchev–Trinajstić information content (AvgIpc) is 2.84. The molecule has 0 saturated heterocycles. The number of rotatable bonds is 0. The standard InChI is InChI=1S/C10H9NO/c12-10-8-5-7(8)6-3-1-2-4-9(6)11-10/h1-4,8-9H,5H2,(H,11,12). The Morgan fingerprint density at radius 2 is 2.33 bits per heavy atom. The van der Waals surface area contributed by atoms with Gasteiger partial charge in [-0.2, -0.15) is 0 Å². The lowest BCUT2D eigenvalue weighted by Gasteiger charge is -2.21. The van der Waals surface area contributed by atoms with Gasteiger partial charge in [-0.15, -0.1) is 0 Å². The van der Waals surface area contributed by atoms with Crippen LogP contribution in [0.15, 0.2) is 35.5 Å². The van der Waals surface area contributed by atoms with E-state index in [2.05, 4.69) is 11.4 Å². The molecule has 0 aromatic heterocycles. The molecule has 0 bridgehead atoms. The van der Waals surface area contributed by atoms with Crippen LogP contribution in [0.25, 0.3) is 0 Å². The molecule has 1 heterocycles. The van der Waals surface area contributed by atoms with E-state index in [0.29, 0.717) is 0 Å². The zero-order chi connectivity index (χ0) is 8.13. The molecule has 2 atom stereocenters. The molecule has 1 aliphatic heterocycles. The average molecular weight is 159 g/mol. The Hall–Kier alpha value is -1.31. The van der Waals surface area contributed by atoms with Crippen LogP contribution in [0.5, 0.6) is 0 Å². The molecule has 2 nitrogen and oxygen atoms in total. The van der Waals surface area contributed by atoms with Gasteiger partial charge in [0.1, 0.15) is 0 Å². The summed E-state index contributed by atoms with van der Waals surface area (Å²) in [6, 6.07) is 0.163. The van der Waals surface area contributed by atoms with E-state index in [4.69, 9.17) is 0 Å². The van der Waals surface area contributed by atoms with E-state index in [1.54, 1.807) is 0 Å². The Morgan fingerprint density at radius 1 is 1.42 bits per heavy atom. The van der Waals surface area contributed by atoms with Crippen LogP contribution in [0.4, 0.5) is 0 Å². The van der Waals surface area contributed by atoms with Crippen molar-refractivity contribution in [2.75, 3.05) is 0 Å². The topological polar surface area (TPSA) is 29.1 Å². The van der Waals surface area contributed by atoms with Gasteiger partial charge in [0.2, 0.25) is 5.91 Å². The molecule has 2 aliphatic carbocycles. The third-order valence-corrected chi connectivity index (χ3v) is 2.70. The summed E-state index contributed by atoms with van der Waals surface area (Å²) in [5.41, 5.74) is 2.67. The van der Waals surface area contributed by atoms with Crippen LogP contribution in [-0.4, -0.2) is 11.9 Å². The van der Waals surface area contributed by atoms with Crippen LogP contribution in [0, 0.1) is 5.92 Å². The van der Waals surface area contributed by atoms with Crippen LogP contribution in [0.3, 0.4) is 0 Å². The Kier molecular flexibility index (Phi) is 0.980. The van der Waals surface area contributed by atoms with Gasteiger partial charge in [-0.05, 0) is 12.0 Å². The first-order chi connectivity index (χ1) is 5.86. The van der Waals surface area contributed by atoms with Gasteiger partial charge in [-0.25, -0.2) is 0 Å².